The average molecular weight is 298 g/mol. The van der Waals surface area contributed by atoms with Gasteiger partial charge in [-0.25, -0.2) is 0 Å². The smallest absolute Gasteiger partial charge is 0.0543 e. The maximum atomic E-state index is 9.64. The minimum absolute atomic E-state index is 0.0251. The highest BCUT2D eigenvalue weighted by Crippen LogP contribution is 2.23. The molecule has 126 valence electrons. The lowest BCUT2D eigenvalue weighted by molar-refractivity contribution is 0.101. The Morgan fingerprint density at radius 3 is 2.10 bits per heavy atom. The summed E-state index contributed by atoms with van der Waals surface area (Å²) in [5, 5.41) is 13.2. The number of hydrogen-bond donors (Lipinski definition) is 2. The Balaban J connectivity index is 1.74. The summed E-state index contributed by atoms with van der Waals surface area (Å²) < 4.78 is 0. The largest absolute Gasteiger partial charge is 0.393 e. The van der Waals surface area contributed by atoms with Crippen LogP contribution in [-0.4, -0.2) is 24.3 Å². The molecule has 0 aromatic carbocycles. The molecule has 0 aromatic rings. The van der Waals surface area contributed by atoms with Gasteiger partial charge in [-0.15, -0.1) is 0 Å². The predicted molar refractivity (Wildman–Crippen MR) is 92.7 cm³/mol. The summed E-state index contributed by atoms with van der Waals surface area (Å²) in [6, 6.07) is 0. The summed E-state index contributed by atoms with van der Waals surface area (Å²) in [5.41, 5.74) is 0. The summed E-state index contributed by atoms with van der Waals surface area (Å²) >= 11 is 0. The third kappa shape index (κ3) is 11.2. The van der Waals surface area contributed by atoms with E-state index < -0.39 is 0 Å². The van der Waals surface area contributed by atoms with Gasteiger partial charge in [0.05, 0.1) is 6.10 Å². The molecule has 1 rings (SSSR count). The molecule has 2 nitrogen and oxygen atoms in total. The van der Waals surface area contributed by atoms with Crippen molar-refractivity contribution in [3.63, 3.8) is 0 Å². The Hall–Kier alpha value is -0.0800. The van der Waals surface area contributed by atoms with Crippen LogP contribution in [0.25, 0.3) is 0 Å². The van der Waals surface area contributed by atoms with Crippen molar-refractivity contribution in [2.24, 2.45) is 5.92 Å². The molecule has 21 heavy (non-hydrogen) atoms. The molecule has 0 saturated heterocycles. The highest BCUT2D eigenvalue weighted by molar-refractivity contribution is 4.73. The third-order valence-corrected chi connectivity index (χ3v) is 4.90. The first kappa shape index (κ1) is 19.0. The van der Waals surface area contributed by atoms with E-state index in [1.807, 2.05) is 0 Å². The lowest BCUT2D eigenvalue weighted by atomic mass is 9.87. The average Bonchev–Trinajstić information content (AvgIpc) is 2.48. The molecule has 0 aliphatic heterocycles. The van der Waals surface area contributed by atoms with Gasteiger partial charge in [0.15, 0.2) is 0 Å². The van der Waals surface area contributed by atoms with Crippen LogP contribution >= 0.6 is 0 Å². The van der Waals surface area contributed by atoms with E-state index in [1.54, 1.807) is 0 Å². The zero-order valence-corrected chi connectivity index (χ0v) is 14.4. The molecule has 1 fully saturated rings. The Morgan fingerprint density at radius 1 is 0.857 bits per heavy atom. The molecule has 0 bridgehead atoms. The number of nitrogens with one attached hydrogen (secondary N) is 1. The second kappa shape index (κ2) is 13.6. The molecule has 0 aromatic heterocycles. The lowest BCUT2D eigenvalue weighted by Crippen LogP contribution is -2.29. The first-order valence-corrected chi connectivity index (χ1v) is 9.71. The summed E-state index contributed by atoms with van der Waals surface area (Å²) in [5.74, 6) is 0.719. The van der Waals surface area contributed by atoms with Crippen LogP contribution in [0.5, 0.6) is 0 Å². The molecular formula is C19H39NO. The quantitative estimate of drug-likeness (QED) is 0.466. The molecular weight excluding hydrogens is 258 g/mol. The number of unbranched alkanes of at least 4 members (excludes halogenated alkanes) is 9. The highest BCUT2D eigenvalue weighted by atomic mass is 16.3. The van der Waals surface area contributed by atoms with E-state index in [2.05, 4.69) is 12.2 Å². The number of hydrogen-bond acceptors (Lipinski definition) is 2. The van der Waals surface area contributed by atoms with Crippen LogP contribution in [-0.2, 0) is 0 Å². The van der Waals surface area contributed by atoms with Gasteiger partial charge in [-0.05, 0) is 44.7 Å². The van der Waals surface area contributed by atoms with Gasteiger partial charge < -0.3 is 10.4 Å². The van der Waals surface area contributed by atoms with Crippen LogP contribution in [0.2, 0.25) is 0 Å². The Bertz CT molecular complexity index is 220. The predicted octanol–water partition coefficient (Wildman–Crippen LogP) is 5.05. The van der Waals surface area contributed by atoms with Crippen LogP contribution in [0.3, 0.4) is 0 Å². The van der Waals surface area contributed by atoms with Gasteiger partial charge >= 0.3 is 0 Å². The van der Waals surface area contributed by atoms with Crippen molar-refractivity contribution in [1.29, 1.82) is 0 Å². The number of rotatable bonds is 13. The lowest BCUT2D eigenvalue weighted by Gasteiger charge is -2.25. The van der Waals surface area contributed by atoms with E-state index in [0.717, 1.165) is 25.3 Å². The van der Waals surface area contributed by atoms with E-state index in [-0.39, 0.29) is 6.10 Å². The third-order valence-electron chi connectivity index (χ3n) is 4.90. The van der Waals surface area contributed by atoms with Crippen molar-refractivity contribution in [2.45, 2.75) is 103 Å². The fraction of sp³-hybridized carbons (Fsp3) is 1.00. The van der Waals surface area contributed by atoms with Gasteiger partial charge in [0.2, 0.25) is 0 Å². The molecule has 2 atom stereocenters. The van der Waals surface area contributed by atoms with E-state index >= 15 is 0 Å². The van der Waals surface area contributed by atoms with E-state index in [1.165, 1.54) is 83.6 Å². The first-order valence-electron chi connectivity index (χ1n) is 9.71. The van der Waals surface area contributed by atoms with Crippen molar-refractivity contribution in [3.8, 4) is 0 Å². The monoisotopic (exact) mass is 297 g/mol. The van der Waals surface area contributed by atoms with Gasteiger partial charge in [0, 0.05) is 0 Å². The van der Waals surface area contributed by atoms with Crippen LogP contribution in [0.4, 0.5) is 0 Å². The molecule has 1 saturated carbocycles. The van der Waals surface area contributed by atoms with Gasteiger partial charge in [0.1, 0.15) is 0 Å². The Kier molecular flexibility index (Phi) is 12.3. The SMILES string of the molecule is CCCCCCCCCCCCNCC1CCCC(O)C1. The van der Waals surface area contributed by atoms with E-state index in [4.69, 9.17) is 0 Å². The molecule has 2 N–H and O–H groups in total. The number of aliphatic hydroxyl groups is 1. The fourth-order valence-electron chi connectivity index (χ4n) is 3.49. The Morgan fingerprint density at radius 2 is 1.48 bits per heavy atom. The summed E-state index contributed by atoms with van der Waals surface area (Å²) in [7, 11) is 0. The zero-order valence-electron chi connectivity index (χ0n) is 14.4. The standard InChI is InChI=1S/C19H39NO/c1-2-3-4-5-6-7-8-9-10-11-15-20-17-18-13-12-14-19(21)16-18/h18-21H,2-17H2,1H3. The van der Waals surface area contributed by atoms with Crippen molar-refractivity contribution in [1.82, 2.24) is 5.32 Å². The van der Waals surface area contributed by atoms with Crippen molar-refractivity contribution < 1.29 is 5.11 Å². The topological polar surface area (TPSA) is 32.3 Å². The van der Waals surface area contributed by atoms with E-state index in [9.17, 15) is 5.11 Å². The van der Waals surface area contributed by atoms with Crippen molar-refractivity contribution in [2.75, 3.05) is 13.1 Å². The van der Waals surface area contributed by atoms with Crippen molar-refractivity contribution >= 4 is 0 Å². The molecule has 1 aliphatic rings. The molecule has 0 amide bonds. The summed E-state index contributed by atoms with van der Waals surface area (Å²) in [4.78, 5) is 0. The maximum absolute atomic E-state index is 9.64. The Labute approximate surface area is 133 Å². The zero-order chi connectivity index (χ0) is 15.2. The van der Waals surface area contributed by atoms with Crippen molar-refractivity contribution in [3.05, 3.63) is 0 Å². The molecule has 0 heterocycles. The summed E-state index contributed by atoms with van der Waals surface area (Å²) in [6.07, 6.45) is 18.6. The minimum atomic E-state index is -0.0251. The van der Waals surface area contributed by atoms with Gasteiger partial charge in [-0.1, -0.05) is 71.1 Å². The molecule has 2 unspecified atom stereocenters. The molecule has 1 aliphatic carbocycles. The van der Waals surface area contributed by atoms with Crippen LogP contribution in [0, 0.1) is 5.92 Å². The first-order chi connectivity index (χ1) is 10.3. The fourth-order valence-corrected chi connectivity index (χ4v) is 3.49. The van der Waals surface area contributed by atoms with Gasteiger partial charge in [-0.3, -0.25) is 0 Å². The second-order valence-electron chi connectivity index (χ2n) is 7.07. The van der Waals surface area contributed by atoms with Crippen LogP contribution < -0.4 is 5.32 Å². The van der Waals surface area contributed by atoms with E-state index in [0.29, 0.717) is 0 Å². The van der Waals surface area contributed by atoms with Crippen LogP contribution in [0.15, 0.2) is 0 Å². The highest BCUT2D eigenvalue weighted by Gasteiger charge is 2.19. The molecule has 0 radical (unpaired) electrons. The normalized spacial score (nSPS) is 22.6. The van der Waals surface area contributed by atoms with Gasteiger partial charge in [0.25, 0.3) is 0 Å². The minimum Gasteiger partial charge on any atom is -0.393 e. The van der Waals surface area contributed by atoms with Gasteiger partial charge in [-0.2, -0.15) is 0 Å². The number of aliphatic hydroxyl groups excluding tert-OH is 1. The maximum Gasteiger partial charge on any atom is 0.0543 e. The molecule has 2 heteroatoms. The molecule has 0 spiro atoms. The second-order valence-corrected chi connectivity index (χ2v) is 7.07. The van der Waals surface area contributed by atoms with Crippen LogP contribution in [0.1, 0.15) is 96.8 Å². The summed E-state index contributed by atoms with van der Waals surface area (Å²) in [6.45, 7) is 4.57.